The van der Waals surface area contributed by atoms with Crippen LogP contribution in [0.15, 0.2) is 18.2 Å². The van der Waals surface area contributed by atoms with E-state index in [0.717, 1.165) is 37.2 Å². The largest absolute Gasteiger partial charge is 0.398 e. The Kier molecular flexibility index (Phi) is 6.52. The highest BCUT2D eigenvalue weighted by Gasteiger charge is 2.20. The van der Waals surface area contributed by atoms with Crippen molar-refractivity contribution in [3.8, 4) is 0 Å². The number of anilines is 2. The predicted molar refractivity (Wildman–Crippen MR) is 85.8 cm³/mol. The van der Waals surface area contributed by atoms with E-state index < -0.39 is 0 Å². The van der Waals surface area contributed by atoms with Gasteiger partial charge in [0.15, 0.2) is 0 Å². The van der Waals surface area contributed by atoms with E-state index in [0.29, 0.717) is 5.69 Å². The second kappa shape index (κ2) is 7.90. The van der Waals surface area contributed by atoms with Crippen LogP contribution in [0.2, 0.25) is 0 Å². The topological polar surface area (TPSA) is 58.4 Å². The lowest BCUT2D eigenvalue weighted by Gasteiger charge is -2.27. The van der Waals surface area contributed by atoms with Gasteiger partial charge in [-0.2, -0.15) is 0 Å². The van der Waals surface area contributed by atoms with Gasteiger partial charge >= 0.3 is 0 Å². The van der Waals surface area contributed by atoms with E-state index in [1.807, 2.05) is 32.0 Å². The van der Waals surface area contributed by atoms with Crippen LogP contribution in [0.1, 0.15) is 39.2 Å². The number of hydrogen-bond acceptors (Lipinski definition) is 3. The van der Waals surface area contributed by atoms with Crippen LogP contribution in [0.25, 0.3) is 0 Å². The van der Waals surface area contributed by atoms with Crippen LogP contribution in [0.3, 0.4) is 0 Å². The molecule has 0 aliphatic rings. The Hall–Kier alpha value is -1.55. The van der Waals surface area contributed by atoms with Crippen molar-refractivity contribution in [2.75, 3.05) is 24.1 Å². The fourth-order valence-electron chi connectivity index (χ4n) is 2.27. The first-order valence-electron chi connectivity index (χ1n) is 7.41. The molecule has 0 aromatic heterocycles. The van der Waals surface area contributed by atoms with Gasteiger partial charge in [-0.3, -0.25) is 9.69 Å². The number of carbonyl (C=O) groups is 1. The van der Waals surface area contributed by atoms with Crippen molar-refractivity contribution in [2.24, 2.45) is 0 Å². The number of hydrogen-bond donors (Lipinski definition) is 2. The van der Waals surface area contributed by atoms with E-state index in [1.165, 1.54) is 0 Å². The van der Waals surface area contributed by atoms with Gasteiger partial charge in [0, 0.05) is 11.4 Å². The molecule has 20 heavy (non-hydrogen) atoms. The van der Waals surface area contributed by atoms with Crippen LogP contribution in [0.4, 0.5) is 11.4 Å². The van der Waals surface area contributed by atoms with E-state index in [2.05, 4.69) is 24.1 Å². The first-order chi connectivity index (χ1) is 9.51. The molecule has 0 heterocycles. The van der Waals surface area contributed by atoms with Gasteiger partial charge in [0.05, 0.1) is 6.04 Å². The van der Waals surface area contributed by atoms with Crippen LogP contribution < -0.4 is 11.1 Å². The number of benzene rings is 1. The van der Waals surface area contributed by atoms with Gasteiger partial charge < -0.3 is 11.1 Å². The number of nitrogens with one attached hydrogen (secondary N) is 1. The Bertz CT molecular complexity index is 439. The van der Waals surface area contributed by atoms with Crippen LogP contribution >= 0.6 is 0 Å². The molecule has 1 rings (SSSR count). The van der Waals surface area contributed by atoms with Crippen molar-refractivity contribution in [3.05, 3.63) is 23.8 Å². The molecule has 112 valence electrons. The van der Waals surface area contributed by atoms with Crippen molar-refractivity contribution >= 4 is 17.3 Å². The second-order valence-corrected chi connectivity index (χ2v) is 5.22. The van der Waals surface area contributed by atoms with Crippen LogP contribution in [-0.4, -0.2) is 29.9 Å². The lowest BCUT2D eigenvalue weighted by atomic mass is 10.1. The van der Waals surface area contributed by atoms with E-state index in [4.69, 9.17) is 5.73 Å². The molecule has 1 unspecified atom stereocenters. The first kappa shape index (κ1) is 16.5. The van der Waals surface area contributed by atoms with Gasteiger partial charge in [0.25, 0.3) is 0 Å². The summed E-state index contributed by atoms with van der Waals surface area (Å²) < 4.78 is 0. The van der Waals surface area contributed by atoms with Gasteiger partial charge in [0.2, 0.25) is 5.91 Å². The fourth-order valence-corrected chi connectivity index (χ4v) is 2.27. The summed E-state index contributed by atoms with van der Waals surface area (Å²) in [6, 6.07) is 5.46. The minimum Gasteiger partial charge on any atom is -0.398 e. The van der Waals surface area contributed by atoms with Crippen LogP contribution in [-0.2, 0) is 4.79 Å². The zero-order chi connectivity index (χ0) is 15.1. The van der Waals surface area contributed by atoms with Crippen molar-refractivity contribution < 1.29 is 4.79 Å². The molecule has 1 aromatic rings. The molecule has 0 saturated heterocycles. The monoisotopic (exact) mass is 277 g/mol. The second-order valence-electron chi connectivity index (χ2n) is 5.22. The SMILES string of the molecule is CCCN(CCC)C(C)C(=O)Nc1cccc(N)c1C. The highest BCUT2D eigenvalue weighted by atomic mass is 16.2. The predicted octanol–water partition coefficient (Wildman–Crippen LogP) is 3.03. The molecule has 1 amide bonds. The Morgan fingerprint density at radius 1 is 1.30 bits per heavy atom. The molecule has 0 aliphatic carbocycles. The summed E-state index contributed by atoms with van der Waals surface area (Å²) in [7, 11) is 0. The van der Waals surface area contributed by atoms with Gasteiger partial charge in [-0.25, -0.2) is 0 Å². The third kappa shape index (κ3) is 4.23. The van der Waals surface area contributed by atoms with E-state index in [-0.39, 0.29) is 11.9 Å². The average Bonchev–Trinajstić information content (AvgIpc) is 2.42. The molecular weight excluding hydrogens is 250 g/mol. The minimum atomic E-state index is -0.129. The Balaban J connectivity index is 2.76. The molecule has 0 saturated carbocycles. The summed E-state index contributed by atoms with van der Waals surface area (Å²) in [5.41, 5.74) is 8.29. The molecule has 0 spiro atoms. The summed E-state index contributed by atoms with van der Waals surface area (Å²) in [6.45, 7) is 10.0. The fraction of sp³-hybridized carbons (Fsp3) is 0.562. The smallest absolute Gasteiger partial charge is 0.241 e. The molecule has 3 N–H and O–H groups in total. The number of nitrogen functional groups attached to an aromatic ring is 1. The van der Waals surface area contributed by atoms with E-state index in [1.54, 1.807) is 0 Å². The molecule has 0 bridgehead atoms. The molecule has 4 nitrogen and oxygen atoms in total. The number of amides is 1. The van der Waals surface area contributed by atoms with Gasteiger partial charge in [-0.05, 0) is 57.5 Å². The normalized spacial score (nSPS) is 12.4. The average molecular weight is 277 g/mol. The minimum absolute atomic E-state index is 0.0283. The maximum absolute atomic E-state index is 12.4. The lowest BCUT2D eigenvalue weighted by molar-refractivity contribution is -0.120. The van der Waals surface area contributed by atoms with Crippen molar-refractivity contribution in [3.63, 3.8) is 0 Å². The van der Waals surface area contributed by atoms with Gasteiger partial charge in [-0.1, -0.05) is 19.9 Å². The molecule has 0 radical (unpaired) electrons. The maximum atomic E-state index is 12.4. The standard InChI is InChI=1S/C16H27N3O/c1-5-10-19(11-6-2)13(4)16(20)18-15-9-7-8-14(17)12(15)3/h7-9,13H,5-6,10-11,17H2,1-4H3,(H,18,20). The number of carbonyl (C=O) groups excluding carboxylic acids is 1. The third-order valence-electron chi connectivity index (χ3n) is 3.58. The van der Waals surface area contributed by atoms with Crippen molar-refractivity contribution in [2.45, 2.75) is 46.6 Å². The summed E-state index contributed by atoms with van der Waals surface area (Å²) in [6.07, 6.45) is 2.10. The quantitative estimate of drug-likeness (QED) is 0.753. The molecular formula is C16H27N3O. The Morgan fingerprint density at radius 2 is 1.90 bits per heavy atom. The van der Waals surface area contributed by atoms with E-state index in [9.17, 15) is 4.79 Å². The summed E-state index contributed by atoms with van der Waals surface area (Å²) in [5, 5.41) is 2.99. The van der Waals surface area contributed by atoms with Crippen LogP contribution in [0, 0.1) is 6.92 Å². The number of rotatable bonds is 7. The molecule has 1 atom stereocenters. The Morgan fingerprint density at radius 3 is 2.45 bits per heavy atom. The third-order valence-corrected chi connectivity index (χ3v) is 3.58. The first-order valence-corrected chi connectivity index (χ1v) is 7.41. The van der Waals surface area contributed by atoms with Crippen LogP contribution in [0.5, 0.6) is 0 Å². The summed E-state index contributed by atoms with van der Waals surface area (Å²) in [4.78, 5) is 14.6. The van der Waals surface area contributed by atoms with Gasteiger partial charge in [-0.15, -0.1) is 0 Å². The lowest BCUT2D eigenvalue weighted by Crippen LogP contribution is -2.43. The highest BCUT2D eigenvalue weighted by Crippen LogP contribution is 2.21. The molecule has 0 fully saturated rings. The maximum Gasteiger partial charge on any atom is 0.241 e. The zero-order valence-corrected chi connectivity index (χ0v) is 13.1. The number of nitrogens with zero attached hydrogens (tertiary/aromatic N) is 1. The molecule has 0 aliphatic heterocycles. The number of nitrogens with two attached hydrogens (primary N) is 1. The summed E-state index contributed by atoms with van der Waals surface area (Å²) >= 11 is 0. The Labute approximate surface area is 122 Å². The van der Waals surface area contributed by atoms with Crippen molar-refractivity contribution in [1.29, 1.82) is 0 Å². The zero-order valence-electron chi connectivity index (χ0n) is 13.1. The summed E-state index contributed by atoms with van der Waals surface area (Å²) in [5.74, 6) is 0.0283. The van der Waals surface area contributed by atoms with Gasteiger partial charge in [0.1, 0.15) is 0 Å². The molecule has 4 heteroatoms. The van der Waals surface area contributed by atoms with Crippen molar-refractivity contribution in [1.82, 2.24) is 4.90 Å². The highest BCUT2D eigenvalue weighted by molar-refractivity contribution is 5.95. The van der Waals surface area contributed by atoms with E-state index >= 15 is 0 Å². The molecule has 1 aromatic carbocycles.